The van der Waals surface area contributed by atoms with Gasteiger partial charge in [0.25, 0.3) is 0 Å². The molecule has 0 bridgehead atoms. The van der Waals surface area contributed by atoms with Crippen molar-refractivity contribution >= 4 is 22.4 Å². The molecule has 2 rings (SSSR count). The maximum atomic E-state index is 12.0. The average Bonchev–Trinajstić information content (AvgIpc) is 2.14. The van der Waals surface area contributed by atoms with Gasteiger partial charge in [0.05, 0.1) is 0 Å². The number of rotatable bonds is 1. The number of nitrogens with zero attached hydrogens (tertiary/aromatic N) is 1. The molecule has 0 atom stereocenters. The molecule has 2 nitrogen and oxygen atoms in total. The predicted molar refractivity (Wildman–Crippen MR) is 53.4 cm³/mol. The second-order valence-electron chi connectivity index (χ2n) is 3.06. The molecule has 1 heterocycles. The molecule has 0 spiro atoms. The van der Waals surface area contributed by atoms with Crippen LogP contribution in [0, 0.1) is 0 Å². The van der Waals surface area contributed by atoms with E-state index >= 15 is 0 Å². The van der Waals surface area contributed by atoms with Gasteiger partial charge in [0.1, 0.15) is 10.9 Å². The molecule has 1 aromatic carbocycles. The first kappa shape index (κ1) is 11.0. The van der Waals surface area contributed by atoms with Crippen LogP contribution in [0.4, 0.5) is 13.2 Å². The fourth-order valence-corrected chi connectivity index (χ4v) is 1.46. The SMILES string of the molecule is FC(F)(F)Oc1ccc2cnc(Cl)cc2c1. The van der Waals surface area contributed by atoms with Crippen molar-refractivity contribution in [3.8, 4) is 5.75 Å². The summed E-state index contributed by atoms with van der Waals surface area (Å²) >= 11 is 5.63. The summed E-state index contributed by atoms with van der Waals surface area (Å²) in [6.07, 6.45) is -3.21. The van der Waals surface area contributed by atoms with Crippen LogP contribution < -0.4 is 4.74 Å². The molecule has 84 valence electrons. The first-order valence-electron chi connectivity index (χ1n) is 4.25. The summed E-state index contributed by atoms with van der Waals surface area (Å²) in [5.74, 6) is -0.276. The highest BCUT2D eigenvalue weighted by molar-refractivity contribution is 6.30. The summed E-state index contributed by atoms with van der Waals surface area (Å²) in [5.41, 5.74) is 0. The number of ether oxygens (including phenoxy) is 1. The summed E-state index contributed by atoms with van der Waals surface area (Å²) in [7, 11) is 0. The van der Waals surface area contributed by atoms with E-state index in [1.54, 1.807) is 0 Å². The van der Waals surface area contributed by atoms with Crippen LogP contribution in [0.15, 0.2) is 30.5 Å². The molecular weight excluding hydrogens is 243 g/mol. The lowest BCUT2D eigenvalue weighted by atomic mass is 10.2. The van der Waals surface area contributed by atoms with Gasteiger partial charge < -0.3 is 4.74 Å². The van der Waals surface area contributed by atoms with Gasteiger partial charge in [-0.1, -0.05) is 11.6 Å². The quantitative estimate of drug-likeness (QED) is 0.716. The standard InChI is InChI=1S/C10H5ClF3NO/c11-9-4-7-3-8(16-10(12,13)14)2-1-6(7)5-15-9/h1-5H. The van der Waals surface area contributed by atoms with E-state index in [1.165, 1.54) is 30.5 Å². The van der Waals surface area contributed by atoms with E-state index in [1.807, 2.05) is 0 Å². The minimum Gasteiger partial charge on any atom is -0.406 e. The van der Waals surface area contributed by atoms with Gasteiger partial charge in [0, 0.05) is 11.6 Å². The third-order valence-electron chi connectivity index (χ3n) is 1.89. The minimum absolute atomic E-state index is 0.219. The maximum Gasteiger partial charge on any atom is 0.573 e. The Balaban J connectivity index is 2.43. The Bertz CT molecular complexity index is 527. The number of halogens is 4. The molecule has 0 aliphatic carbocycles. The van der Waals surface area contributed by atoms with Crippen LogP contribution in [0.1, 0.15) is 0 Å². The molecule has 2 aromatic rings. The van der Waals surface area contributed by atoms with Crippen molar-refractivity contribution in [2.75, 3.05) is 0 Å². The van der Waals surface area contributed by atoms with Crippen molar-refractivity contribution in [1.82, 2.24) is 4.98 Å². The Kier molecular flexibility index (Phi) is 2.63. The Hall–Kier alpha value is -1.49. The third-order valence-corrected chi connectivity index (χ3v) is 2.10. The molecule has 0 aliphatic rings. The van der Waals surface area contributed by atoms with E-state index in [9.17, 15) is 13.2 Å². The van der Waals surface area contributed by atoms with Gasteiger partial charge in [-0.25, -0.2) is 4.98 Å². The molecule has 16 heavy (non-hydrogen) atoms. The largest absolute Gasteiger partial charge is 0.573 e. The van der Waals surface area contributed by atoms with E-state index in [-0.39, 0.29) is 10.9 Å². The third kappa shape index (κ3) is 2.55. The van der Waals surface area contributed by atoms with Crippen LogP contribution >= 0.6 is 11.6 Å². The zero-order valence-corrected chi connectivity index (χ0v) is 8.51. The number of benzene rings is 1. The number of hydrogen-bond donors (Lipinski definition) is 0. The van der Waals surface area contributed by atoms with Crippen molar-refractivity contribution in [1.29, 1.82) is 0 Å². The van der Waals surface area contributed by atoms with E-state index in [0.717, 1.165) is 0 Å². The molecule has 0 N–H and O–H groups in total. The Morgan fingerprint density at radius 3 is 2.56 bits per heavy atom. The van der Waals surface area contributed by atoms with Gasteiger partial charge in [0.15, 0.2) is 0 Å². The number of aromatic nitrogens is 1. The Labute approximate surface area is 93.6 Å². The number of hydrogen-bond acceptors (Lipinski definition) is 2. The second-order valence-corrected chi connectivity index (χ2v) is 3.45. The smallest absolute Gasteiger partial charge is 0.406 e. The van der Waals surface area contributed by atoms with E-state index in [0.29, 0.717) is 10.8 Å². The molecule has 0 amide bonds. The highest BCUT2D eigenvalue weighted by Gasteiger charge is 2.31. The van der Waals surface area contributed by atoms with Crippen LogP contribution in [-0.2, 0) is 0 Å². The topological polar surface area (TPSA) is 22.1 Å². The van der Waals surface area contributed by atoms with Gasteiger partial charge in [-0.15, -0.1) is 13.2 Å². The average molecular weight is 248 g/mol. The van der Waals surface area contributed by atoms with Gasteiger partial charge in [0.2, 0.25) is 0 Å². The van der Waals surface area contributed by atoms with Gasteiger partial charge in [-0.2, -0.15) is 0 Å². The Morgan fingerprint density at radius 1 is 1.12 bits per heavy atom. The van der Waals surface area contributed by atoms with E-state index in [4.69, 9.17) is 11.6 Å². The summed E-state index contributed by atoms with van der Waals surface area (Å²) in [5, 5.41) is 1.46. The molecule has 0 saturated heterocycles. The normalized spacial score (nSPS) is 11.8. The van der Waals surface area contributed by atoms with Crippen molar-refractivity contribution in [3.63, 3.8) is 0 Å². The summed E-state index contributed by atoms with van der Waals surface area (Å²) in [6.45, 7) is 0. The van der Waals surface area contributed by atoms with Crippen LogP contribution in [-0.4, -0.2) is 11.3 Å². The van der Waals surface area contributed by atoms with Crippen LogP contribution in [0.2, 0.25) is 5.15 Å². The molecule has 1 aromatic heterocycles. The zero-order valence-electron chi connectivity index (χ0n) is 7.75. The van der Waals surface area contributed by atoms with Crippen molar-refractivity contribution in [2.24, 2.45) is 0 Å². The van der Waals surface area contributed by atoms with Crippen molar-refractivity contribution in [3.05, 3.63) is 35.6 Å². The van der Waals surface area contributed by atoms with Crippen LogP contribution in [0.3, 0.4) is 0 Å². The van der Waals surface area contributed by atoms with Crippen LogP contribution in [0.5, 0.6) is 5.75 Å². The molecule has 0 saturated carbocycles. The predicted octanol–water partition coefficient (Wildman–Crippen LogP) is 3.79. The minimum atomic E-state index is -4.69. The highest BCUT2D eigenvalue weighted by Crippen LogP contribution is 2.27. The van der Waals surface area contributed by atoms with E-state index < -0.39 is 6.36 Å². The maximum absolute atomic E-state index is 12.0. The molecule has 0 radical (unpaired) electrons. The lowest BCUT2D eigenvalue weighted by molar-refractivity contribution is -0.274. The van der Waals surface area contributed by atoms with Crippen molar-refractivity contribution in [2.45, 2.75) is 6.36 Å². The summed E-state index contributed by atoms with van der Waals surface area (Å²) < 4.78 is 39.7. The van der Waals surface area contributed by atoms with Gasteiger partial charge in [-0.05, 0) is 29.7 Å². The first-order chi connectivity index (χ1) is 7.44. The monoisotopic (exact) mass is 247 g/mol. The summed E-state index contributed by atoms with van der Waals surface area (Å²) in [4.78, 5) is 3.81. The zero-order chi connectivity index (χ0) is 11.8. The molecule has 0 unspecified atom stereocenters. The number of pyridine rings is 1. The van der Waals surface area contributed by atoms with Gasteiger partial charge >= 0.3 is 6.36 Å². The lowest BCUT2D eigenvalue weighted by Gasteiger charge is -2.09. The highest BCUT2D eigenvalue weighted by atomic mass is 35.5. The van der Waals surface area contributed by atoms with Crippen molar-refractivity contribution < 1.29 is 17.9 Å². The lowest BCUT2D eigenvalue weighted by Crippen LogP contribution is -2.16. The second kappa shape index (κ2) is 3.83. The summed E-state index contributed by atoms with van der Waals surface area (Å²) in [6, 6.07) is 5.45. The fraction of sp³-hybridized carbons (Fsp3) is 0.100. The first-order valence-corrected chi connectivity index (χ1v) is 4.63. The fourth-order valence-electron chi connectivity index (χ4n) is 1.29. The Morgan fingerprint density at radius 2 is 1.88 bits per heavy atom. The molecule has 0 aliphatic heterocycles. The molecular formula is C10H5ClF3NO. The molecule has 6 heteroatoms. The van der Waals surface area contributed by atoms with Gasteiger partial charge in [-0.3, -0.25) is 0 Å². The number of alkyl halides is 3. The molecule has 0 fully saturated rings. The van der Waals surface area contributed by atoms with Crippen LogP contribution in [0.25, 0.3) is 10.8 Å². The van der Waals surface area contributed by atoms with E-state index in [2.05, 4.69) is 9.72 Å². The number of fused-ring (bicyclic) bond motifs is 1.